The van der Waals surface area contributed by atoms with Gasteiger partial charge in [-0.05, 0) is 20.4 Å². The van der Waals surface area contributed by atoms with Gasteiger partial charge in [0.1, 0.15) is 6.04 Å². The lowest BCUT2D eigenvalue weighted by Crippen LogP contribution is -2.37. The Bertz CT molecular complexity index is 338. The Morgan fingerprint density at radius 3 is 2.80 bits per heavy atom. The second-order valence-corrected chi connectivity index (χ2v) is 4.60. The molecule has 0 bridgehead atoms. The summed E-state index contributed by atoms with van der Waals surface area (Å²) in [6.07, 6.45) is 0.606. The maximum Gasteiger partial charge on any atom is 0.320 e. The Kier molecular flexibility index (Phi) is 4.23. The molecule has 1 N–H and O–H groups in total. The van der Waals surface area contributed by atoms with Crippen LogP contribution >= 0.6 is 11.3 Å². The molecular weight excluding hydrogens is 212 g/mol. The highest BCUT2D eigenvalue weighted by atomic mass is 32.1. The molecule has 0 aliphatic rings. The fourth-order valence-corrected chi connectivity index (χ4v) is 2.13. The van der Waals surface area contributed by atoms with E-state index >= 15 is 0 Å². The van der Waals surface area contributed by atoms with E-state index in [0.29, 0.717) is 13.0 Å². The summed E-state index contributed by atoms with van der Waals surface area (Å²) in [5.41, 5.74) is 0.944. The van der Waals surface area contributed by atoms with Gasteiger partial charge in [0.05, 0.1) is 10.7 Å². The lowest BCUT2D eigenvalue weighted by Gasteiger charge is -2.22. The Morgan fingerprint density at radius 2 is 2.40 bits per heavy atom. The smallest absolute Gasteiger partial charge is 0.320 e. The van der Waals surface area contributed by atoms with Crippen LogP contribution in [0, 0.1) is 6.92 Å². The number of aliphatic carboxylic acids is 1. The molecule has 1 aromatic rings. The van der Waals surface area contributed by atoms with Crippen molar-refractivity contribution in [2.24, 2.45) is 0 Å². The van der Waals surface area contributed by atoms with Crippen molar-refractivity contribution < 1.29 is 9.90 Å². The monoisotopic (exact) mass is 228 g/mol. The van der Waals surface area contributed by atoms with E-state index in [4.69, 9.17) is 5.11 Å². The van der Waals surface area contributed by atoms with Crippen molar-refractivity contribution >= 4 is 17.3 Å². The normalized spacial score (nSPS) is 13.1. The summed E-state index contributed by atoms with van der Waals surface area (Å²) in [4.78, 5) is 17.0. The molecule has 1 atom stereocenters. The van der Waals surface area contributed by atoms with Gasteiger partial charge in [0.25, 0.3) is 0 Å². The third-order valence-corrected chi connectivity index (χ3v) is 3.10. The first-order chi connectivity index (χ1) is 7.04. The van der Waals surface area contributed by atoms with E-state index in [1.165, 1.54) is 0 Å². The van der Waals surface area contributed by atoms with Gasteiger partial charge in [-0.2, -0.15) is 0 Å². The first kappa shape index (κ1) is 12.1. The van der Waals surface area contributed by atoms with Gasteiger partial charge in [-0.3, -0.25) is 9.69 Å². The molecule has 0 aliphatic heterocycles. The SMILES string of the molecule is CCC(C(=O)O)N(C)Cc1csc(C)n1. The number of carboxylic acid groups (broad SMARTS) is 1. The average Bonchev–Trinajstić information content (AvgIpc) is 2.51. The molecule has 84 valence electrons. The molecule has 0 fully saturated rings. The number of aryl methyl sites for hydroxylation is 1. The molecule has 0 aromatic carbocycles. The van der Waals surface area contributed by atoms with E-state index in [-0.39, 0.29) is 0 Å². The minimum Gasteiger partial charge on any atom is -0.480 e. The summed E-state index contributed by atoms with van der Waals surface area (Å²) in [5, 5.41) is 12.0. The highest BCUT2D eigenvalue weighted by molar-refractivity contribution is 7.09. The van der Waals surface area contributed by atoms with Crippen molar-refractivity contribution in [3.63, 3.8) is 0 Å². The van der Waals surface area contributed by atoms with Crippen LogP contribution in [0.3, 0.4) is 0 Å². The largest absolute Gasteiger partial charge is 0.480 e. The van der Waals surface area contributed by atoms with Gasteiger partial charge in [-0.25, -0.2) is 4.98 Å². The zero-order valence-electron chi connectivity index (χ0n) is 9.23. The Labute approximate surface area is 93.6 Å². The highest BCUT2D eigenvalue weighted by Crippen LogP contribution is 2.12. The van der Waals surface area contributed by atoms with Crippen LogP contribution in [0.4, 0.5) is 0 Å². The van der Waals surface area contributed by atoms with E-state index in [9.17, 15) is 4.79 Å². The Hall–Kier alpha value is -0.940. The van der Waals surface area contributed by atoms with Crippen molar-refractivity contribution in [3.05, 3.63) is 16.1 Å². The van der Waals surface area contributed by atoms with Gasteiger partial charge < -0.3 is 5.11 Å². The first-order valence-electron chi connectivity index (χ1n) is 4.88. The second kappa shape index (κ2) is 5.23. The van der Waals surface area contributed by atoms with Crippen LogP contribution in [0.5, 0.6) is 0 Å². The maximum atomic E-state index is 10.9. The van der Waals surface area contributed by atoms with Crippen molar-refractivity contribution in [1.29, 1.82) is 0 Å². The number of thiazole rings is 1. The minimum atomic E-state index is -0.771. The van der Waals surface area contributed by atoms with Gasteiger partial charge >= 0.3 is 5.97 Å². The van der Waals surface area contributed by atoms with Gasteiger partial charge in [0.2, 0.25) is 0 Å². The lowest BCUT2D eigenvalue weighted by atomic mass is 10.2. The predicted octanol–water partition coefficient (Wildman–Crippen LogP) is 1.75. The molecular formula is C10H16N2O2S. The summed E-state index contributed by atoms with van der Waals surface area (Å²) in [5.74, 6) is -0.771. The number of carbonyl (C=O) groups is 1. The molecule has 15 heavy (non-hydrogen) atoms. The van der Waals surface area contributed by atoms with E-state index in [1.807, 2.05) is 31.2 Å². The van der Waals surface area contributed by atoms with E-state index in [2.05, 4.69) is 4.98 Å². The molecule has 0 amide bonds. The predicted molar refractivity (Wildman–Crippen MR) is 60.0 cm³/mol. The third kappa shape index (κ3) is 3.28. The van der Waals surface area contributed by atoms with Crippen LogP contribution in [-0.2, 0) is 11.3 Å². The molecule has 0 aliphatic carbocycles. The molecule has 5 heteroatoms. The molecule has 0 spiro atoms. The summed E-state index contributed by atoms with van der Waals surface area (Å²) >= 11 is 1.59. The first-order valence-corrected chi connectivity index (χ1v) is 5.76. The summed E-state index contributed by atoms with van der Waals surface area (Å²) in [6, 6.07) is -0.424. The zero-order chi connectivity index (χ0) is 11.4. The van der Waals surface area contributed by atoms with Crippen molar-refractivity contribution in [3.8, 4) is 0 Å². The summed E-state index contributed by atoms with van der Waals surface area (Å²) in [6.45, 7) is 4.42. The topological polar surface area (TPSA) is 53.4 Å². The Balaban J connectivity index is 2.61. The van der Waals surface area contributed by atoms with E-state index in [0.717, 1.165) is 10.7 Å². The van der Waals surface area contributed by atoms with Crippen LogP contribution in [0.2, 0.25) is 0 Å². The quantitative estimate of drug-likeness (QED) is 0.834. The van der Waals surface area contributed by atoms with Crippen molar-refractivity contribution in [2.45, 2.75) is 32.9 Å². The molecule has 1 aromatic heterocycles. The highest BCUT2D eigenvalue weighted by Gasteiger charge is 2.20. The van der Waals surface area contributed by atoms with Crippen LogP contribution < -0.4 is 0 Å². The number of carboxylic acids is 1. The molecule has 1 rings (SSSR count). The number of hydrogen-bond acceptors (Lipinski definition) is 4. The molecule has 4 nitrogen and oxygen atoms in total. The van der Waals surface area contributed by atoms with Crippen LogP contribution in [0.1, 0.15) is 24.0 Å². The third-order valence-electron chi connectivity index (χ3n) is 2.28. The maximum absolute atomic E-state index is 10.9. The van der Waals surface area contributed by atoms with Gasteiger partial charge in [-0.1, -0.05) is 6.92 Å². The number of aromatic nitrogens is 1. The molecule has 0 saturated heterocycles. The fraction of sp³-hybridized carbons (Fsp3) is 0.600. The van der Waals surface area contributed by atoms with Crippen LogP contribution in [0.15, 0.2) is 5.38 Å². The molecule has 0 saturated carbocycles. The van der Waals surface area contributed by atoms with Gasteiger partial charge in [-0.15, -0.1) is 11.3 Å². The number of hydrogen-bond donors (Lipinski definition) is 1. The second-order valence-electron chi connectivity index (χ2n) is 3.54. The standard InChI is InChI=1S/C10H16N2O2S/c1-4-9(10(13)14)12(3)5-8-6-15-7(2)11-8/h6,9H,4-5H2,1-3H3,(H,13,14). The number of rotatable bonds is 5. The summed E-state index contributed by atoms with van der Waals surface area (Å²) < 4.78 is 0. The number of nitrogens with zero attached hydrogens (tertiary/aromatic N) is 2. The van der Waals surface area contributed by atoms with Crippen LogP contribution in [-0.4, -0.2) is 34.0 Å². The van der Waals surface area contributed by atoms with Crippen molar-refractivity contribution in [2.75, 3.05) is 7.05 Å². The average molecular weight is 228 g/mol. The number of likely N-dealkylation sites (N-methyl/N-ethyl adjacent to an activating group) is 1. The molecule has 1 unspecified atom stereocenters. The molecule has 0 radical (unpaired) electrons. The minimum absolute atomic E-state index is 0.424. The van der Waals surface area contributed by atoms with E-state index in [1.54, 1.807) is 11.3 Å². The van der Waals surface area contributed by atoms with Crippen LogP contribution in [0.25, 0.3) is 0 Å². The van der Waals surface area contributed by atoms with Crippen molar-refractivity contribution in [1.82, 2.24) is 9.88 Å². The fourth-order valence-electron chi connectivity index (χ4n) is 1.52. The summed E-state index contributed by atoms with van der Waals surface area (Å²) in [7, 11) is 1.82. The Morgan fingerprint density at radius 1 is 1.73 bits per heavy atom. The molecule has 1 heterocycles. The lowest BCUT2D eigenvalue weighted by molar-refractivity contribution is -0.143. The van der Waals surface area contributed by atoms with Gasteiger partial charge in [0, 0.05) is 11.9 Å². The van der Waals surface area contributed by atoms with E-state index < -0.39 is 12.0 Å². The van der Waals surface area contributed by atoms with Gasteiger partial charge in [0.15, 0.2) is 0 Å². The zero-order valence-corrected chi connectivity index (χ0v) is 10.0.